The maximum absolute atomic E-state index is 11.7. The molecule has 1 unspecified atom stereocenters. The Labute approximate surface area is 87.2 Å². The topological polar surface area (TPSA) is 80.1 Å². The SMILES string of the molecule is CC(C)C(C(=O)O)C(=O)c1ncccn1. The van der Waals surface area contributed by atoms with Crippen molar-refractivity contribution in [3.8, 4) is 0 Å². The summed E-state index contributed by atoms with van der Waals surface area (Å²) in [5.74, 6) is -3.08. The molecular formula is C10H12N2O3. The van der Waals surface area contributed by atoms with Crippen LogP contribution in [0.25, 0.3) is 0 Å². The quantitative estimate of drug-likeness (QED) is 0.590. The van der Waals surface area contributed by atoms with Gasteiger partial charge < -0.3 is 5.11 Å². The fraction of sp³-hybridized carbons (Fsp3) is 0.400. The van der Waals surface area contributed by atoms with Crippen molar-refractivity contribution in [3.63, 3.8) is 0 Å². The van der Waals surface area contributed by atoms with E-state index >= 15 is 0 Å². The Kier molecular flexibility index (Phi) is 3.49. The maximum atomic E-state index is 11.7. The van der Waals surface area contributed by atoms with Gasteiger partial charge in [0, 0.05) is 12.4 Å². The highest BCUT2D eigenvalue weighted by Crippen LogP contribution is 2.15. The molecule has 1 heterocycles. The summed E-state index contributed by atoms with van der Waals surface area (Å²) >= 11 is 0. The third-order valence-corrected chi connectivity index (χ3v) is 2.00. The van der Waals surface area contributed by atoms with Crippen molar-refractivity contribution in [2.75, 3.05) is 0 Å². The van der Waals surface area contributed by atoms with Crippen molar-refractivity contribution in [1.82, 2.24) is 9.97 Å². The van der Waals surface area contributed by atoms with Crippen LogP contribution in [0.1, 0.15) is 24.5 Å². The van der Waals surface area contributed by atoms with Crippen LogP contribution in [0.5, 0.6) is 0 Å². The van der Waals surface area contributed by atoms with Gasteiger partial charge in [-0.25, -0.2) is 9.97 Å². The van der Waals surface area contributed by atoms with Crippen molar-refractivity contribution in [3.05, 3.63) is 24.3 Å². The summed E-state index contributed by atoms with van der Waals surface area (Å²) in [6.45, 7) is 3.36. The Morgan fingerprint density at radius 2 is 1.80 bits per heavy atom. The molecule has 0 bridgehead atoms. The first-order valence-electron chi connectivity index (χ1n) is 4.58. The maximum Gasteiger partial charge on any atom is 0.314 e. The second kappa shape index (κ2) is 4.63. The number of carbonyl (C=O) groups excluding carboxylic acids is 1. The summed E-state index contributed by atoms with van der Waals surface area (Å²) in [5, 5.41) is 8.90. The Morgan fingerprint density at radius 1 is 1.27 bits per heavy atom. The predicted molar refractivity (Wildman–Crippen MR) is 52.3 cm³/mol. The molecule has 0 aliphatic heterocycles. The van der Waals surface area contributed by atoms with E-state index in [0.29, 0.717) is 0 Å². The van der Waals surface area contributed by atoms with Crippen LogP contribution in [0.2, 0.25) is 0 Å². The Bertz CT molecular complexity index is 362. The zero-order chi connectivity index (χ0) is 11.4. The molecule has 0 saturated heterocycles. The number of carboxylic acid groups (broad SMARTS) is 1. The summed E-state index contributed by atoms with van der Waals surface area (Å²) in [4.78, 5) is 30.1. The molecule has 5 heteroatoms. The fourth-order valence-corrected chi connectivity index (χ4v) is 1.27. The van der Waals surface area contributed by atoms with Crippen LogP contribution in [-0.4, -0.2) is 26.8 Å². The average Bonchev–Trinajstić information content (AvgIpc) is 2.18. The first-order valence-corrected chi connectivity index (χ1v) is 4.58. The number of aromatic nitrogens is 2. The summed E-state index contributed by atoms with van der Waals surface area (Å²) in [6.07, 6.45) is 2.83. The minimum absolute atomic E-state index is 0.0430. The molecule has 1 N–H and O–H groups in total. The van der Waals surface area contributed by atoms with Crippen molar-refractivity contribution in [2.24, 2.45) is 11.8 Å². The molecule has 1 aromatic rings. The zero-order valence-electron chi connectivity index (χ0n) is 8.54. The van der Waals surface area contributed by atoms with Crippen molar-refractivity contribution in [2.45, 2.75) is 13.8 Å². The number of aliphatic carboxylic acids is 1. The normalized spacial score (nSPS) is 12.5. The molecule has 1 rings (SSSR count). The van der Waals surface area contributed by atoms with Gasteiger partial charge in [0.25, 0.3) is 0 Å². The van der Waals surface area contributed by atoms with E-state index in [0.717, 1.165) is 0 Å². The number of hydrogen-bond donors (Lipinski definition) is 1. The minimum atomic E-state index is -1.14. The van der Waals surface area contributed by atoms with Gasteiger partial charge in [-0.1, -0.05) is 13.8 Å². The van der Waals surface area contributed by atoms with E-state index < -0.39 is 17.7 Å². The van der Waals surface area contributed by atoms with Crippen LogP contribution in [0.15, 0.2) is 18.5 Å². The van der Waals surface area contributed by atoms with Crippen LogP contribution in [0.4, 0.5) is 0 Å². The summed E-state index contributed by atoms with van der Waals surface area (Å²) < 4.78 is 0. The summed E-state index contributed by atoms with van der Waals surface area (Å²) in [6, 6.07) is 1.57. The summed E-state index contributed by atoms with van der Waals surface area (Å²) in [7, 11) is 0. The van der Waals surface area contributed by atoms with Crippen LogP contribution in [0.3, 0.4) is 0 Å². The Balaban J connectivity index is 2.97. The van der Waals surface area contributed by atoms with E-state index in [4.69, 9.17) is 5.11 Å². The van der Waals surface area contributed by atoms with Gasteiger partial charge >= 0.3 is 5.97 Å². The van der Waals surface area contributed by atoms with Gasteiger partial charge in [0.15, 0.2) is 5.82 Å². The van der Waals surface area contributed by atoms with Crippen LogP contribution >= 0.6 is 0 Å². The molecule has 0 aromatic carbocycles. The van der Waals surface area contributed by atoms with Crippen molar-refractivity contribution < 1.29 is 14.7 Å². The number of carbonyl (C=O) groups is 2. The molecule has 0 spiro atoms. The largest absolute Gasteiger partial charge is 0.481 e. The standard InChI is InChI=1S/C10H12N2O3/c1-6(2)7(10(14)15)8(13)9-11-4-3-5-12-9/h3-7H,1-2H3,(H,14,15). The molecule has 15 heavy (non-hydrogen) atoms. The highest BCUT2D eigenvalue weighted by molar-refractivity contribution is 6.06. The number of hydrogen-bond acceptors (Lipinski definition) is 4. The Morgan fingerprint density at radius 3 is 2.20 bits per heavy atom. The first-order chi connectivity index (χ1) is 7.04. The van der Waals surface area contributed by atoms with E-state index in [9.17, 15) is 9.59 Å². The van der Waals surface area contributed by atoms with E-state index in [2.05, 4.69) is 9.97 Å². The Hall–Kier alpha value is -1.78. The van der Waals surface area contributed by atoms with Crippen LogP contribution < -0.4 is 0 Å². The van der Waals surface area contributed by atoms with Crippen LogP contribution in [-0.2, 0) is 4.79 Å². The molecule has 1 atom stereocenters. The third kappa shape index (κ3) is 2.59. The fourth-order valence-electron chi connectivity index (χ4n) is 1.27. The zero-order valence-corrected chi connectivity index (χ0v) is 8.54. The lowest BCUT2D eigenvalue weighted by atomic mass is 9.91. The van der Waals surface area contributed by atoms with E-state index in [1.165, 1.54) is 12.4 Å². The van der Waals surface area contributed by atoms with Gasteiger partial charge in [0.1, 0.15) is 5.92 Å². The number of Topliss-reactive ketones (excluding diaryl/α,β-unsaturated/α-hetero) is 1. The van der Waals surface area contributed by atoms with Gasteiger partial charge in [0.05, 0.1) is 0 Å². The monoisotopic (exact) mass is 208 g/mol. The highest BCUT2D eigenvalue weighted by Gasteiger charge is 2.31. The molecule has 0 amide bonds. The number of rotatable bonds is 4. The van der Waals surface area contributed by atoms with Gasteiger partial charge in [-0.2, -0.15) is 0 Å². The molecule has 0 radical (unpaired) electrons. The average molecular weight is 208 g/mol. The van der Waals surface area contributed by atoms with Gasteiger partial charge in [-0.05, 0) is 12.0 Å². The van der Waals surface area contributed by atoms with Gasteiger partial charge in [-0.3, -0.25) is 9.59 Å². The minimum Gasteiger partial charge on any atom is -0.481 e. The van der Waals surface area contributed by atoms with Crippen molar-refractivity contribution in [1.29, 1.82) is 0 Å². The van der Waals surface area contributed by atoms with Crippen molar-refractivity contribution >= 4 is 11.8 Å². The molecule has 0 saturated carbocycles. The number of carboxylic acids is 1. The lowest BCUT2D eigenvalue weighted by Crippen LogP contribution is -2.29. The lowest BCUT2D eigenvalue weighted by molar-refractivity contribution is -0.141. The lowest BCUT2D eigenvalue weighted by Gasteiger charge is -2.13. The van der Waals surface area contributed by atoms with E-state index in [-0.39, 0.29) is 11.7 Å². The molecule has 80 valence electrons. The molecular weight excluding hydrogens is 196 g/mol. The molecule has 0 aliphatic rings. The number of nitrogens with zero attached hydrogens (tertiary/aromatic N) is 2. The van der Waals surface area contributed by atoms with E-state index in [1.807, 2.05) is 0 Å². The highest BCUT2D eigenvalue weighted by atomic mass is 16.4. The molecule has 1 aromatic heterocycles. The summed E-state index contributed by atoms with van der Waals surface area (Å²) in [5.41, 5.74) is 0. The van der Waals surface area contributed by atoms with E-state index in [1.54, 1.807) is 19.9 Å². The van der Waals surface area contributed by atoms with Gasteiger partial charge in [-0.15, -0.1) is 0 Å². The van der Waals surface area contributed by atoms with Gasteiger partial charge in [0.2, 0.25) is 5.78 Å². The predicted octanol–water partition coefficient (Wildman–Crippen LogP) is 1.02. The smallest absolute Gasteiger partial charge is 0.314 e. The number of ketones is 1. The third-order valence-electron chi connectivity index (χ3n) is 2.00. The van der Waals surface area contributed by atoms with Crippen LogP contribution in [0, 0.1) is 11.8 Å². The first kappa shape index (κ1) is 11.3. The molecule has 0 fully saturated rings. The second-order valence-corrected chi connectivity index (χ2v) is 3.50. The second-order valence-electron chi connectivity index (χ2n) is 3.50. The molecule has 0 aliphatic carbocycles. The molecule has 5 nitrogen and oxygen atoms in total.